The minimum atomic E-state index is -0.0819. The van der Waals surface area contributed by atoms with Gasteiger partial charge in [0.05, 0.1) is 5.69 Å². The van der Waals surface area contributed by atoms with Crippen LogP contribution < -0.4 is 10.6 Å². The monoisotopic (exact) mass is 316 g/mol. The van der Waals surface area contributed by atoms with Crippen molar-refractivity contribution >= 4 is 33.2 Å². The Kier molecular flexibility index (Phi) is 3.25. The Morgan fingerprint density at radius 2 is 2.05 bits per heavy atom. The highest BCUT2D eigenvalue weighted by Crippen LogP contribution is 2.25. The van der Waals surface area contributed by atoms with Crippen molar-refractivity contribution in [2.45, 2.75) is 6.42 Å². The molecule has 1 aliphatic rings. The van der Waals surface area contributed by atoms with E-state index in [-0.39, 0.29) is 5.91 Å². The number of hydrogen-bond acceptors (Lipinski definition) is 2. The van der Waals surface area contributed by atoms with Gasteiger partial charge in [-0.1, -0.05) is 12.1 Å². The van der Waals surface area contributed by atoms with Crippen LogP contribution in [0.25, 0.3) is 0 Å². The van der Waals surface area contributed by atoms with Crippen molar-refractivity contribution in [3.63, 3.8) is 0 Å². The zero-order valence-electron chi connectivity index (χ0n) is 10.2. The van der Waals surface area contributed by atoms with Crippen molar-refractivity contribution in [2.75, 3.05) is 17.2 Å². The Balaban J connectivity index is 1.83. The first-order chi connectivity index (χ1) is 9.24. The van der Waals surface area contributed by atoms with Crippen molar-refractivity contribution < 1.29 is 4.79 Å². The molecule has 0 saturated heterocycles. The standard InChI is InChI=1S/C15H13BrN2O/c16-12-3-1-2-4-14(12)18-15(19)11-5-6-13-10(9-11)7-8-17-13/h1-6,9,17H,7-8H2,(H,18,19). The molecular formula is C15H13BrN2O. The summed E-state index contributed by atoms with van der Waals surface area (Å²) in [6.07, 6.45) is 0.978. The van der Waals surface area contributed by atoms with Crippen LogP contribution in [0.5, 0.6) is 0 Å². The number of rotatable bonds is 2. The molecule has 1 amide bonds. The maximum absolute atomic E-state index is 12.2. The van der Waals surface area contributed by atoms with Gasteiger partial charge >= 0.3 is 0 Å². The second-order valence-electron chi connectivity index (χ2n) is 4.48. The van der Waals surface area contributed by atoms with Gasteiger partial charge in [-0.3, -0.25) is 4.79 Å². The average molecular weight is 317 g/mol. The second-order valence-corrected chi connectivity index (χ2v) is 5.34. The van der Waals surface area contributed by atoms with Gasteiger partial charge in [0.2, 0.25) is 0 Å². The fraction of sp³-hybridized carbons (Fsp3) is 0.133. The average Bonchev–Trinajstić information content (AvgIpc) is 2.88. The third-order valence-electron chi connectivity index (χ3n) is 3.20. The number of hydrogen-bond donors (Lipinski definition) is 2. The minimum Gasteiger partial charge on any atom is -0.384 e. The van der Waals surface area contributed by atoms with Crippen molar-refractivity contribution in [1.29, 1.82) is 0 Å². The summed E-state index contributed by atoms with van der Waals surface area (Å²) in [4.78, 5) is 12.2. The summed E-state index contributed by atoms with van der Waals surface area (Å²) in [5.41, 5.74) is 3.82. The number of halogens is 1. The zero-order valence-corrected chi connectivity index (χ0v) is 11.8. The Labute approximate surface area is 120 Å². The molecule has 19 heavy (non-hydrogen) atoms. The molecule has 1 aliphatic heterocycles. The molecule has 0 spiro atoms. The molecule has 3 rings (SSSR count). The fourth-order valence-corrected chi connectivity index (χ4v) is 2.59. The highest BCUT2D eigenvalue weighted by molar-refractivity contribution is 9.10. The third-order valence-corrected chi connectivity index (χ3v) is 3.89. The molecule has 96 valence electrons. The highest BCUT2D eigenvalue weighted by Gasteiger charge is 2.14. The summed E-state index contributed by atoms with van der Waals surface area (Å²) in [5.74, 6) is -0.0819. The largest absolute Gasteiger partial charge is 0.384 e. The number of anilines is 2. The van der Waals surface area contributed by atoms with E-state index >= 15 is 0 Å². The first-order valence-electron chi connectivity index (χ1n) is 6.17. The normalized spacial score (nSPS) is 12.7. The smallest absolute Gasteiger partial charge is 0.255 e. The maximum atomic E-state index is 12.2. The molecule has 0 bridgehead atoms. The zero-order chi connectivity index (χ0) is 13.2. The number of benzene rings is 2. The van der Waals surface area contributed by atoms with Gasteiger partial charge in [-0.2, -0.15) is 0 Å². The van der Waals surface area contributed by atoms with Crippen LogP contribution in [0.15, 0.2) is 46.9 Å². The molecule has 2 N–H and O–H groups in total. The van der Waals surface area contributed by atoms with E-state index < -0.39 is 0 Å². The van der Waals surface area contributed by atoms with E-state index in [1.807, 2.05) is 42.5 Å². The summed E-state index contributed by atoms with van der Waals surface area (Å²) >= 11 is 3.42. The van der Waals surface area contributed by atoms with Gasteiger partial charge < -0.3 is 10.6 Å². The third kappa shape index (κ3) is 2.49. The number of fused-ring (bicyclic) bond motifs is 1. The van der Waals surface area contributed by atoms with Crippen molar-refractivity contribution in [1.82, 2.24) is 0 Å². The fourth-order valence-electron chi connectivity index (χ4n) is 2.20. The summed E-state index contributed by atoms with van der Waals surface area (Å²) in [6.45, 7) is 0.949. The molecular weight excluding hydrogens is 304 g/mol. The lowest BCUT2D eigenvalue weighted by Gasteiger charge is -2.08. The van der Waals surface area contributed by atoms with Gasteiger partial charge in [0.1, 0.15) is 0 Å². The van der Waals surface area contributed by atoms with Crippen LogP contribution in [0, 0.1) is 0 Å². The Bertz CT molecular complexity index is 640. The van der Waals surface area contributed by atoms with E-state index in [2.05, 4.69) is 26.6 Å². The van der Waals surface area contributed by atoms with Gasteiger partial charge in [-0.15, -0.1) is 0 Å². The lowest BCUT2D eigenvalue weighted by molar-refractivity contribution is 0.102. The molecule has 0 atom stereocenters. The number of carbonyl (C=O) groups excluding carboxylic acids is 1. The predicted octanol–water partition coefficient (Wildman–Crippen LogP) is 3.67. The van der Waals surface area contributed by atoms with E-state index in [0.29, 0.717) is 5.56 Å². The quantitative estimate of drug-likeness (QED) is 0.887. The van der Waals surface area contributed by atoms with E-state index in [1.54, 1.807) is 0 Å². The lowest BCUT2D eigenvalue weighted by atomic mass is 10.1. The van der Waals surface area contributed by atoms with Crippen LogP contribution in [0.2, 0.25) is 0 Å². The van der Waals surface area contributed by atoms with Crippen molar-refractivity contribution in [2.24, 2.45) is 0 Å². The minimum absolute atomic E-state index is 0.0819. The van der Waals surface area contributed by atoms with E-state index in [0.717, 1.165) is 28.8 Å². The number of amides is 1. The molecule has 2 aromatic rings. The molecule has 0 unspecified atom stereocenters. The molecule has 0 saturated carbocycles. The SMILES string of the molecule is O=C(Nc1ccccc1Br)c1ccc2c(c1)CCN2. The second kappa shape index (κ2) is 5.05. The van der Waals surface area contributed by atoms with Gasteiger partial charge in [-0.05, 0) is 58.2 Å². The van der Waals surface area contributed by atoms with Crippen LogP contribution in [0.3, 0.4) is 0 Å². The summed E-state index contributed by atoms with van der Waals surface area (Å²) < 4.78 is 0.881. The lowest BCUT2D eigenvalue weighted by Crippen LogP contribution is -2.12. The van der Waals surface area contributed by atoms with Crippen molar-refractivity contribution in [3.05, 3.63) is 58.1 Å². The molecule has 0 radical (unpaired) electrons. The van der Waals surface area contributed by atoms with Crippen LogP contribution in [0.4, 0.5) is 11.4 Å². The molecule has 0 aromatic heterocycles. The molecule has 0 fully saturated rings. The number of carbonyl (C=O) groups is 1. The van der Waals surface area contributed by atoms with Crippen LogP contribution in [-0.2, 0) is 6.42 Å². The van der Waals surface area contributed by atoms with E-state index in [1.165, 1.54) is 5.56 Å². The van der Waals surface area contributed by atoms with Gasteiger partial charge in [0.15, 0.2) is 0 Å². The summed E-state index contributed by atoms with van der Waals surface area (Å²) in [7, 11) is 0. The Morgan fingerprint density at radius 1 is 1.21 bits per heavy atom. The summed E-state index contributed by atoms with van der Waals surface area (Å²) in [6, 6.07) is 13.4. The van der Waals surface area contributed by atoms with Crippen LogP contribution >= 0.6 is 15.9 Å². The van der Waals surface area contributed by atoms with E-state index in [9.17, 15) is 4.79 Å². The maximum Gasteiger partial charge on any atom is 0.255 e. The summed E-state index contributed by atoms with van der Waals surface area (Å²) in [5, 5.41) is 6.20. The first-order valence-corrected chi connectivity index (χ1v) is 6.96. The van der Waals surface area contributed by atoms with Crippen LogP contribution in [0.1, 0.15) is 15.9 Å². The van der Waals surface area contributed by atoms with E-state index in [4.69, 9.17) is 0 Å². The molecule has 1 heterocycles. The number of nitrogens with one attached hydrogen (secondary N) is 2. The van der Waals surface area contributed by atoms with Gasteiger partial charge in [0, 0.05) is 22.3 Å². The predicted molar refractivity (Wildman–Crippen MR) is 80.7 cm³/mol. The number of para-hydroxylation sites is 1. The Morgan fingerprint density at radius 3 is 2.89 bits per heavy atom. The van der Waals surface area contributed by atoms with Gasteiger partial charge in [0.25, 0.3) is 5.91 Å². The molecule has 2 aromatic carbocycles. The van der Waals surface area contributed by atoms with Crippen LogP contribution in [-0.4, -0.2) is 12.5 Å². The topological polar surface area (TPSA) is 41.1 Å². The molecule has 4 heteroatoms. The molecule has 0 aliphatic carbocycles. The van der Waals surface area contributed by atoms with Gasteiger partial charge in [-0.25, -0.2) is 0 Å². The highest BCUT2D eigenvalue weighted by atomic mass is 79.9. The Hall–Kier alpha value is -1.81. The van der Waals surface area contributed by atoms with Crippen molar-refractivity contribution in [3.8, 4) is 0 Å². The first kappa shape index (κ1) is 12.2. The molecule has 3 nitrogen and oxygen atoms in total.